The predicted octanol–water partition coefficient (Wildman–Crippen LogP) is 0.727. The molecule has 0 aliphatic carbocycles. The van der Waals surface area contributed by atoms with Crippen LogP contribution in [0, 0.1) is 17.7 Å². The van der Waals surface area contributed by atoms with Gasteiger partial charge < -0.3 is 10.4 Å². The van der Waals surface area contributed by atoms with Gasteiger partial charge in [0.15, 0.2) is 0 Å². The summed E-state index contributed by atoms with van der Waals surface area (Å²) in [5.74, 6) is -3.74. The van der Waals surface area contributed by atoms with Crippen LogP contribution in [0.3, 0.4) is 0 Å². The number of nitrogens with one attached hydrogen (secondary N) is 2. The molecular formula is C19H22FN3O4. The van der Waals surface area contributed by atoms with E-state index in [0.717, 1.165) is 6.42 Å². The number of halogens is 1. The number of aliphatic hydroxyl groups excluding tert-OH is 1. The average Bonchev–Trinajstić information content (AvgIpc) is 3.20. The number of benzene rings is 1. The SMILES string of the molecule is CCCCN1C(=O)[C@@H]2[C@H]([C@H](C)O)N[C@]3(C(=O)Nc4ccc(F)cc43)[C@@H]2C1=O. The van der Waals surface area contributed by atoms with Gasteiger partial charge in [-0.05, 0) is 31.5 Å². The first-order valence-electron chi connectivity index (χ1n) is 9.25. The largest absolute Gasteiger partial charge is 0.392 e. The molecular weight excluding hydrogens is 353 g/mol. The third-order valence-corrected chi connectivity index (χ3v) is 5.96. The van der Waals surface area contributed by atoms with Gasteiger partial charge >= 0.3 is 0 Å². The quantitative estimate of drug-likeness (QED) is 0.674. The van der Waals surface area contributed by atoms with Crippen molar-refractivity contribution in [3.63, 3.8) is 0 Å². The molecule has 5 atom stereocenters. The molecule has 3 aliphatic heterocycles. The topological polar surface area (TPSA) is 98.7 Å². The third-order valence-electron chi connectivity index (χ3n) is 5.96. The number of unbranched alkanes of at least 4 members (excludes halogenated alkanes) is 1. The maximum Gasteiger partial charge on any atom is 0.250 e. The molecule has 1 spiro atoms. The van der Waals surface area contributed by atoms with Crippen molar-refractivity contribution >= 4 is 23.4 Å². The zero-order valence-electron chi connectivity index (χ0n) is 15.2. The number of carbonyl (C=O) groups is 3. The smallest absolute Gasteiger partial charge is 0.250 e. The van der Waals surface area contributed by atoms with E-state index < -0.39 is 47.2 Å². The van der Waals surface area contributed by atoms with E-state index in [0.29, 0.717) is 17.7 Å². The highest BCUT2D eigenvalue weighted by molar-refractivity contribution is 6.15. The summed E-state index contributed by atoms with van der Waals surface area (Å²) in [4.78, 5) is 40.4. The molecule has 3 N–H and O–H groups in total. The summed E-state index contributed by atoms with van der Waals surface area (Å²) in [6.07, 6.45) is 0.503. The second kappa shape index (κ2) is 6.10. The minimum absolute atomic E-state index is 0.279. The first-order chi connectivity index (χ1) is 12.8. The number of likely N-dealkylation sites (tertiary alicyclic amines) is 1. The van der Waals surface area contributed by atoms with Gasteiger partial charge in [0.05, 0.1) is 17.9 Å². The minimum Gasteiger partial charge on any atom is -0.392 e. The maximum absolute atomic E-state index is 14.0. The molecule has 2 fully saturated rings. The van der Waals surface area contributed by atoms with Crippen molar-refractivity contribution in [3.05, 3.63) is 29.6 Å². The number of rotatable bonds is 4. The predicted molar refractivity (Wildman–Crippen MR) is 93.9 cm³/mol. The summed E-state index contributed by atoms with van der Waals surface area (Å²) < 4.78 is 14.0. The summed E-state index contributed by atoms with van der Waals surface area (Å²) >= 11 is 0. The van der Waals surface area contributed by atoms with E-state index in [1.165, 1.54) is 30.0 Å². The highest BCUT2D eigenvalue weighted by atomic mass is 19.1. The molecule has 0 unspecified atom stereocenters. The second-order valence-corrected chi connectivity index (χ2v) is 7.55. The zero-order chi connectivity index (χ0) is 19.5. The Labute approximate surface area is 155 Å². The number of carbonyl (C=O) groups excluding carboxylic acids is 3. The van der Waals surface area contributed by atoms with Gasteiger partial charge in [0, 0.05) is 23.8 Å². The van der Waals surface area contributed by atoms with E-state index in [-0.39, 0.29) is 12.5 Å². The normalized spacial score (nSPS) is 32.8. The van der Waals surface area contributed by atoms with Crippen molar-refractivity contribution in [2.75, 3.05) is 11.9 Å². The van der Waals surface area contributed by atoms with E-state index in [1.807, 2.05) is 6.92 Å². The number of imide groups is 1. The van der Waals surface area contributed by atoms with Crippen molar-refractivity contribution in [1.29, 1.82) is 0 Å². The number of hydrogen-bond acceptors (Lipinski definition) is 5. The third kappa shape index (κ3) is 2.29. The van der Waals surface area contributed by atoms with Crippen LogP contribution in [0.15, 0.2) is 18.2 Å². The second-order valence-electron chi connectivity index (χ2n) is 7.55. The fourth-order valence-corrected chi connectivity index (χ4v) is 4.71. The maximum atomic E-state index is 14.0. The number of aliphatic hydroxyl groups is 1. The lowest BCUT2D eigenvalue weighted by atomic mass is 9.76. The summed E-state index contributed by atoms with van der Waals surface area (Å²) in [6.45, 7) is 3.75. The van der Waals surface area contributed by atoms with Gasteiger partial charge in [0.1, 0.15) is 11.4 Å². The van der Waals surface area contributed by atoms with Crippen LogP contribution in [0.5, 0.6) is 0 Å². The summed E-state index contributed by atoms with van der Waals surface area (Å²) in [5.41, 5.74) is -0.840. The number of anilines is 1. The van der Waals surface area contributed by atoms with Crippen molar-refractivity contribution in [2.45, 2.75) is 44.4 Å². The van der Waals surface area contributed by atoms with Crippen LogP contribution >= 0.6 is 0 Å². The Balaban J connectivity index is 1.86. The Bertz CT molecular complexity index is 842. The highest BCUT2D eigenvalue weighted by Crippen LogP contribution is 2.53. The Hall–Kier alpha value is -2.32. The molecule has 27 heavy (non-hydrogen) atoms. The monoisotopic (exact) mass is 375 g/mol. The summed E-state index contributed by atoms with van der Waals surface area (Å²) in [5, 5.41) is 16.0. The molecule has 0 aromatic heterocycles. The molecule has 144 valence electrons. The molecule has 3 aliphatic rings. The highest BCUT2D eigenvalue weighted by Gasteiger charge is 2.71. The van der Waals surface area contributed by atoms with Gasteiger partial charge in [-0.3, -0.25) is 24.6 Å². The van der Waals surface area contributed by atoms with Crippen LogP contribution in [0.2, 0.25) is 0 Å². The summed E-state index contributed by atoms with van der Waals surface area (Å²) in [7, 11) is 0. The van der Waals surface area contributed by atoms with Crippen LogP contribution in [0.4, 0.5) is 10.1 Å². The Kier molecular flexibility index (Phi) is 4.08. The molecule has 1 aromatic rings. The van der Waals surface area contributed by atoms with E-state index >= 15 is 0 Å². The lowest BCUT2D eigenvalue weighted by molar-refractivity contribution is -0.143. The van der Waals surface area contributed by atoms with Gasteiger partial charge in [-0.1, -0.05) is 13.3 Å². The molecule has 2 saturated heterocycles. The van der Waals surface area contributed by atoms with Gasteiger partial charge in [-0.15, -0.1) is 0 Å². The van der Waals surface area contributed by atoms with E-state index in [2.05, 4.69) is 10.6 Å². The summed E-state index contributed by atoms with van der Waals surface area (Å²) in [6, 6.07) is 3.11. The van der Waals surface area contributed by atoms with Crippen molar-refractivity contribution in [3.8, 4) is 0 Å². The molecule has 7 nitrogen and oxygen atoms in total. The Morgan fingerprint density at radius 1 is 1.30 bits per heavy atom. The van der Waals surface area contributed by atoms with Crippen LogP contribution < -0.4 is 10.6 Å². The fourth-order valence-electron chi connectivity index (χ4n) is 4.71. The molecule has 1 aromatic carbocycles. The van der Waals surface area contributed by atoms with Gasteiger partial charge in [0.2, 0.25) is 17.7 Å². The Morgan fingerprint density at radius 2 is 2.04 bits per heavy atom. The lowest BCUT2D eigenvalue weighted by Crippen LogP contribution is -2.54. The first-order valence-corrected chi connectivity index (χ1v) is 9.25. The van der Waals surface area contributed by atoms with Gasteiger partial charge in [0.25, 0.3) is 0 Å². The minimum atomic E-state index is -1.56. The van der Waals surface area contributed by atoms with Crippen LogP contribution in [0.1, 0.15) is 32.3 Å². The number of hydrogen-bond donors (Lipinski definition) is 3. The van der Waals surface area contributed by atoms with Gasteiger partial charge in [-0.25, -0.2) is 4.39 Å². The molecule has 8 heteroatoms. The standard InChI is InChI=1S/C19H22FN3O4/c1-3-4-7-23-16(25)13-14(17(23)26)19(22-15(13)9(2)24)11-8-10(20)5-6-12(11)21-18(19)27/h5-6,8-9,13-15,22,24H,3-4,7H2,1-2H3,(H,21,27)/t9-,13-,14-,15-,19-/m0/s1. The van der Waals surface area contributed by atoms with E-state index in [9.17, 15) is 23.9 Å². The molecule has 3 heterocycles. The van der Waals surface area contributed by atoms with Crippen molar-refractivity contribution < 1.29 is 23.9 Å². The lowest BCUT2D eigenvalue weighted by Gasteiger charge is -2.30. The molecule has 0 saturated carbocycles. The number of amides is 3. The number of fused-ring (bicyclic) bond motifs is 4. The van der Waals surface area contributed by atoms with Crippen LogP contribution in [-0.2, 0) is 19.9 Å². The molecule has 4 rings (SSSR count). The molecule has 0 bridgehead atoms. The van der Waals surface area contributed by atoms with Crippen molar-refractivity contribution in [2.24, 2.45) is 11.8 Å². The van der Waals surface area contributed by atoms with Crippen LogP contribution in [-0.4, -0.2) is 46.4 Å². The van der Waals surface area contributed by atoms with E-state index in [4.69, 9.17) is 0 Å². The molecule has 0 radical (unpaired) electrons. The fraction of sp³-hybridized carbons (Fsp3) is 0.526. The first kappa shape index (κ1) is 18.1. The van der Waals surface area contributed by atoms with Crippen molar-refractivity contribution in [1.82, 2.24) is 10.2 Å². The molecule has 3 amide bonds. The zero-order valence-corrected chi connectivity index (χ0v) is 15.2. The number of nitrogens with zero attached hydrogens (tertiary/aromatic N) is 1. The Morgan fingerprint density at radius 3 is 2.70 bits per heavy atom. The van der Waals surface area contributed by atoms with Gasteiger partial charge in [-0.2, -0.15) is 0 Å². The van der Waals surface area contributed by atoms with Crippen LogP contribution in [0.25, 0.3) is 0 Å². The van der Waals surface area contributed by atoms with E-state index in [1.54, 1.807) is 0 Å². The average molecular weight is 375 g/mol.